The number of hydrogen-bond acceptors (Lipinski definition) is 10. The van der Waals surface area contributed by atoms with Crippen molar-refractivity contribution in [2.75, 3.05) is 39.6 Å². The Labute approximate surface area is 684 Å². The summed E-state index contributed by atoms with van der Waals surface area (Å²) in [7, 11) is 0. The van der Waals surface area contributed by atoms with E-state index in [1.807, 2.05) is 24.3 Å². The van der Waals surface area contributed by atoms with Crippen LogP contribution in [-0.4, -0.2) is 73.1 Å². The maximum atomic E-state index is 15.2. The number of amides is 4. The zero-order valence-corrected chi connectivity index (χ0v) is 72.7. The van der Waals surface area contributed by atoms with Crippen LogP contribution in [0.1, 0.15) is 479 Å². The Bertz CT molecular complexity index is 2790. The molecule has 0 spiro atoms. The van der Waals surface area contributed by atoms with Crippen molar-refractivity contribution in [3.8, 4) is 34.5 Å². The lowest BCUT2D eigenvalue weighted by molar-refractivity contribution is 0.0576. The molecule has 0 unspecified atom stereocenters. The summed E-state index contributed by atoms with van der Waals surface area (Å²) in [4.78, 5) is 63.4. The van der Waals surface area contributed by atoms with Crippen molar-refractivity contribution in [1.29, 1.82) is 0 Å². The number of nitrogens with zero attached hydrogens (tertiary/aromatic N) is 2. The minimum absolute atomic E-state index is 0.0469. The van der Waals surface area contributed by atoms with Crippen LogP contribution >= 0.6 is 0 Å². The Hall–Kier alpha value is -5.78. The Morgan fingerprint density at radius 1 is 0.205 bits per heavy atom. The van der Waals surface area contributed by atoms with Crippen molar-refractivity contribution in [3.05, 3.63) is 81.9 Å². The summed E-state index contributed by atoms with van der Waals surface area (Å²) >= 11 is 0. The van der Waals surface area contributed by atoms with Gasteiger partial charge in [0.1, 0.15) is 0 Å². The van der Waals surface area contributed by atoms with Gasteiger partial charge in [0.25, 0.3) is 23.6 Å². The monoisotopic (exact) mass is 1550 g/mol. The van der Waals surface area contributed by atoms with Crippen LogP contribution in [0.5, 0.6) is 34.5 Å². The Balaban J connectivity index is 1.24. The van der Waals surface area contributed by atoms with Crippen molar-refractivity contribution < 1.29 is 47.6 Å². The van der Waals surface area contributed by atoms with Gasteiger partial charge in [-0.05, 0) is 98.2 Å². The molecule has 4 aromatic rings. The number of benzene rings is 4. The van der Waals surface area contributed by atoms with Crippen LogP contribution < -0.4 is 28.4 Å². The van der Waals surface area contributed by atoms with E-state index in [2.05, 4.69) is 41.5 Å². The number of hydrogen-bond donors (Lipinski definition) is 0. The third-order valence-electron chi connectivity index (χ3n) is 23.4. The summed E-state index contributed by atoms with van der Waals surface area (Å²) < 4.78 is 40.6. The molecule has 2 heterocycles. The fraction of sp³-hybridized carbons (Fsp3) is 0.740. The average molecular weight is 1550 g/mol. The Morgan fingerprint density at radius 3 is 0.527 bits per heavy atom. The molecule has 6 rings (SSSR count). The summed E-state index contributed by atoms with van der Waals surface area (Å²) in [6, 6.07) is 14.5. The van der Waals surface area contributed by atoms with Crippen molar-refractivity contribution in [2.24, 2.45) is 0 Å². The van der Waals surface area contributed by atoms with E-state index in [1.54, 1.807) is 24.3 Å². The maximum absolute atomic E-state index is 15.2. The van der Waals surface area contributed by atoms with E-state index in [4.69, 9.17) is 28.4 Å². The summed E-state index contributed by atoms with van der Waals surface area (Å²) in [5.74, 6) is 1.50. The molecule has 0 aromatic heterocycles. The molecule has 2 aliphatic rings. The number of carbonyl (C=O) groups is 4. The fourth-order valence-electron chi connectivity index (χ4n) is 16.4. The molecule has 12 heteroatoms. The van der Waals surface area contributed by atoms with Gasteiger partial charge in [-0.15, -0.1) is 0 Å². The largest absolute Gasteiger partial charge is 0.490 e. The van der Waals surface area contributed by atoms with E-state index in [1.165, 1.54) is 318 Å². The second-order valence-corrected chi connectivity index (χ2v) is 33.5. The summed E-state index contributed by atoms with van der Waals surface area (Å²) in [5, 5.41) is 0.683. The second-order valence-electron chi connectivity index (χ2n) is 33.5. The maximum Gasteiger partial charge on any atom is 0.261 e. The molecule has 0 fully saturated rings. The van der Waals surface area contributed by atoms with Crippen molar-refractivity contribution in [3.63, 3.8) is 0 Å². The molecule has 0 saturated carbocycles. The third-order valence-corrected chi connectivity index (χ3v) is 23.4. The number of rotatable bonds is 76. The van der Waals surface area contributed by atoms with Crippen LogP contribution in [0.3, 0.4) is 0 Å². The zero-order chi connectivity index (χ0) is 79.5. The van der Waals surface area contributed by atoms with Crippen molar-refractivity contribution in [1.82, 2.24) is 9.80 Å². The van der Waals surface area contributed by atoms with Crippen molar-refractivity contribution in [2.45, 2.75) is 440 Å². The quantitative estimate of drug-likeness (QED) is 0.0311. The minimum Gasteiger partial charge on any atom is -0.490 e. The van der Waals surface area contributed by atoms with E-state index < -0.39 is 23.6 Å². The molecule has 0 radical (unpaired) electrons. The van der Waals surface area contributed by atoms with Crippen LogP contribution in [0.15, 0.2) is 48.5 Å². The first-order valence-electron chi connectivity index (χ1n) is 47.6. The molecule has 4 amide bonds. The molecule has 632 valence electrons. The first-order valence-corrected chi connectivity index (χ1v) is 47.6. The van der Waals surface area contributed by atoms with Gasteiger partial charge in [-0.25, -0.2) is 0 Å². The summed E-state index contributed by atoms with van der Waals surface area (Å²) in [5.41, 5.74) is 2.48. The molecule has 12 nitrogen and oxygen atoms in total. The summed E-state index contributed by atoms with van der Waals surface area (Å²) in [6.07, 6.45) is 73.2. The highest BCUT2D eigenvalue weighted by Crippen LogP contribution is 2.45. The molecule has 112 heavy (non-hydrogen) atoms. The van der Waals surface area contributed by atoms with Gasteiger partial charge in [0, 0.05) is 33.0 Å². The van der Waals surface area contributed by atoms with Crippen LogP contribution in [0.4, 0.5) is 0 Å². The predicted octanol–water partition coefficient (Wildman–Crippen LogP) is 30.2. The SMILES string of the molecule is CCCCCCCCCCCCOc1cc(CN2C(=O)c3ccc4c5c(ccc(c35)C2=O)C(=O)N(Cc2cc(OCCCCCCCCCCCC)c(OCCCCCCCCCCCC)c(OCCCCCCCCCCCC)c2)C4=O)cc(OCCCCCCCCCCCC)c1OCCCCCCCCCCCC. The first kappa shape index (κ1) is 95.1. The van der Waals surface area contributed by atoms with Gasteiger partial charge < -0.3 is 28.4 Å². The van der Waals surface area contributed by atoms with Crippen molar-refractivity contribution >= 4 is 34.4 Å². The van der Waals surface area contributed by atoms with E-state index in [0.29, 0.717) is 96.0 Å². The number of imide groups is 2. The van der Waals surface area contributed by atoms with Gasteiger partial charge in [-0.2, -0.15) is 0 Å². The lowest BCUT2D eigenvalue weighted by atomic mass is 9.85. The average Bonchev–Trinajstić information content (AvgIpc) is 0.712. The van der Waals surface area contributed by atoms with E-state index in [0.717, 1.165) is 77.0 Å². The highest BCUT2D eigenvalue weighted by atomic mass is 16.5. The molecular formula is C100H162N2O10. The van der Waals surface area contributed by atoms with Gasteiger partial charge in [0.15, 0.2) is 23.0 Å². The highest BCUT2D eigenvalue weighted by Gasteiger charge is 2.40. The molecule has 0 aliphatic carbocycles. The van der Waals surface area contributed by atoms with Crippen LogP contribution in [-0.2, 0) is 13.1 Å². The first-order chi connectivity index (χ1) is 55.2. The molecule has 0 bridgehead atoms. The standard InChI is InChI=1S/C100H162N2O10/c1-7-13-19-25-31-37-43-49-55-61-71-107-89-77-83(78-90(108-72-62-56-50-44-38-32-26-20-14-8-2)95(89)111-75-65-59-53-47-41-35-29-23-17-11-5)81-101-97(103)85-67-69-87-94-88(70-68-86(93(85)94)98(101)104)100(106)102(99(87)105)82-84-79-91(109-73-63-57-51-45-39-33-27-21-15-9-3)96(112-76-66-60-54-48-42-36-30-24-18-12-6)92(80-84)110-74-64-58-52-46-40-34-28-22-16-10-4/h67-70,77-80H,7-66,71-76,81-82H2,1-6H3. The van der Waals surface area contributed by atoms with Crippen LogP contribution in [0, 0.1) is 0 Å². The van der Waals surface area contributed by atoms with Gasteiger partial charge >= 0.3 is 0 Å². The molecule has 4 aromatic carbocycles. The molecular weight excluding hydrogens is 1390 g/mol. The minimum atomic E-state index is -0.489. The van der Waals surface area contributed by atoms with Gasteiger partial charge in [-0.3, -0.25) is 29.0 Å². The number of ether oxygens (including phenoxy) is 6. The highest BCUT2D eigenvalue weighted by molar-refractivity contribution is 6.33. The Morgan fingerprint density at radius 2 is 0.357 bits per heavy atom. The predicted molar refractivity (Wildman–Crippen MR) is 469 cm³/mol. The molecule has 0 N–H and O–H groups in total. The lowest BCUT2D eigenvalue weighted by Gasteiger charge is -2.32. The zero-order valence-electron chi connectivity index (χ0n) is 72.7. The smallest absolute Gasteiger partial charge is 0.261 e. The van der Waals surface area contributed by atoms with Gasteiger partial charge in [0.2, 0.25) is 11.5 Å². The Kier molecular flexibility index (Phi) is 52.3. The molecule has 0 saturated heterocycles. The number of carbonyl (C=O) groups excluding carboxylic acids is 4. The molecule has 0 atom stereocenters. The number of unbranched alkanes of at least 4 members (excludes halogenated alkanes) is 54. The summed E-state index contributed by atoms with van der Waals surface area (Å²) in [6.45, 7) is 16.6. The third kappa shape index (κ3) is 36.6. The fourth-order valence-corrected chi connectivity index (χ4v) is 16.4. The second kappa shape index (κ2) is 61.6. The normalized spacial score (nSPS) is 12.7. The van der Waals surface area contributed by atoms with Crippen LogP contribution in [0.2, 0.25) is 0 Å². The van der Waals surface area contributed by atoms with Crippen LogP contribution in [0.25, 0.3) is 10.8 Å². The van der Waals surface area contributed by atoms with Gasteiger partial charge in [-0.1, -0.05) is 388 Å². The van der Waals surface area contributed by atoms with Gasteiger partial charge in [0.05, 0.1) is 52.7 Å². The lowest BCUT2D eigenvalue weighted by Crippen LogP contribution is -2.42. The van der Waals surface area contributed by atoms with E-state index >= 15 is 19.2 Å². The van der Waals surface area contributed by atoms with E-state index in [-0.39, 0.29) is 35.3 Å². The van der Waals surface area contributed by atoms with E-state index in [9.17, 15) is 0 Å². The molecule has 2 aliphatic heterocycles. The topological polar surface area (TPSA) is 130 Å².